The van der Waals surface area contributed by atoms with E-state index in [0.29, 0.717) is 13.2 Å². The molecule has 1 aliphatic heterocycles. The van der Waals surface area contributed by atoms with Crippen molar-refractivity contribution in [1.82, 2.24) is 9.80 Å². The molecular weight excluding hydrogens is 407 g/mol. The highest BCUT2D eigenvalue weighted by Gasteiger charge is 2.19. The van der Waals surface area contributed by atoms with Gasteiger partial charge in [0.15, 0.2) is 0 Å². The Hall–Kier alpha value is -1.30. The van der Waals surface area contributed by atoms with Crippen LogP contribution in [0, 0.1) is 0 Å². The van der Waals surface area contributed by atoms with Crippen molar-refractivity contribution in [3.63, 3.8) is 0 Å². The maximum atomic E-state index is 10.3. The SMILES string of the molecule is CCCc1ccc(OCC(O)CN2CCN(Cc3ccccc3)CC2)cc1.Cl.Cl. The number of aliphatic hydroxyl groups is 1. The van der Waals surface area contributed by atoms with Gasteiger partial charge in [0.25, 0.3) is 0 Å². The molecule has 1 fully saturated rings. The molecule has 0 spiro atoms. The van der Waals surface area contributed by atoms with Gasteiger partial charge in [-0.05, 0) is 29.7 Å². The van der Waals surface area contributed by atoms with Crippen LogP contribution in [-0.2, 0) is 13.0 Å². The fraction of sp³-hybridized carbons (Fsp3) is 0.478. The van der Waals surface area contributed by atoms with Gasteiger partial charge in [0.1, 0.15) is 18.5 Å². The maximum absolute atomic E-state index is 10.3. The van der Waals surface area contributed by atoms with Gasteiger partial charge in [0, 0.05) is 39.3 Å². The minimum Gasteiger partial charge on any atom is -0.491 e. The van der Waals surface area contributed by atoms with Gasteiger partial charge in [-0.25, -0.2) is 0 Å². The number of aryl methyl sites for hydroxylation is 1. The predicted octanol–water partition coefficient (Wildman–Crippen LogP) is 4.04. The number of benzene rings is 2. The Morgan fingerprint density at radius 2 is 1.48 bits per heavy atom. The Morgan fingerprint density at radius 1 is 0.862 bits per heavy atom. The molecule has 29 heavy (non-hydrogen) atoms. The van der Waals surface area contributed by atoms with Crippen LogP contribution >= 0.6 is 24.8 Å². The molecule has 1 N–H and O–H groups in total. The highest BCUT2D eigenvalue weighted by Crippen LogP contribution is 2.14. The average Bonchev–Trinajstić information content (AvgIpc) is 2.70. The fourth-order valence-corrected chi connectivity index (χ4v) is 3.56. The first-order valence-corrected chi connectivity index (χ1v) is 10.1. The number of nitrogens with zero attached hydrogens (tertiary/aromatic N) is 2. The normalized spacial score (nSPS) is 15.8. The van der Waals surface area contributed by atoms with Crippen LogP contribution in [0.5, 0.6) is 5.75 Å². The molecule has 162 valence electrons. The smallest absolute Gasteiger partial charge is 0.119 e. The quantitative estimate of drug-likeness (QED) is 0.637. The van der Waals surface area contributed by atoms with Gasteiger partial charge in [-0.1, -0.05) is 55.8 Å². The molecule has 2 aromatic carbocycles. The third kappa shape index (κ3) is 8.93. The zero-order valence-corrected chi connectivity index (χ0v) is 18.8. The van der Waals surface area contributed by atoms with E-state index in [4.69, 9.17) is 4.74 Å². The number of rotatable bonds is 9. The summed E-state index contributed by atoms with van der Waals surface area (Å²) in [7, 11) is 0. The van der Waals surface area contributed by atoms with E-state index in [1.165, 1.54) is 11.1 Å². The Morgan fingerprint density at radius 3 is 2.10 bits per heavy atom. The molecule has 0 saturated carbocycles. The third-order valence-electron chi connectivity index (χ3n) is 5.09. The molecule has 1 heterocycles. The Kier molecular flexibility index (Phi) is 12.3. The number of hydrogen-bond acceptors (Lipinski definition) is 4. The van der Waals surface area contributed by atoms with Crippen LogP contribution in [0.4, 0.5) is 0 Å². The van der Waals surface area contributed by atoms with Gasteiger partial charge in [-0.3, -0.25) is 9.80 Å². The summed E-state index contributed by atoms with van der Waals surface area (Å²) in [6.45, 7) is 8.29. The minimum atomic E-state index is -0.457. The number of β-amino-alcohol motifs (C(OH)–C–C–N with tert-alkyl or cyclic N) is 1. The third-order valence-corrected chi connectivity index (χ3v) is 5.09. The van der Waals surface area contributed by atoms with Crippen molar-refractivity contribution in [2.75, 3.05) is 39.3 Å². The monoisotopic (exact) mass is 440 g/mol. The van der Waals surface area contributed by atoms with Crippen LogP contribution in [0.15, 0.2) is 54.6 Å². The first kappa shape index (κ1) is 25.7. The molecule has 6 heteroatoms. The summed E-state index contributed by atoms with van der Waals surface area (Å²) in [5, 5.41) is 10.3. The molecule has 3 rings (SSSR count). The highest BCUT2D eigenvalue weighted by atomic mass is 35.5. The molecule has 1 unspecified atom stereocenters. The standard InChI is InChI=1S/C23H32N2O2.2ClH/c1-2-6-20-9-11-23(12-10-20)27-19-22(26)18-25-15-13-24(14-16-25)17-21-7-4-3-5-8-21;;/h3-5,7-12,22,26H,2,6,13-19H2,1H3;2*1H. The van der Waals surface area contributed by atoms with Crippen LogP contribution in [0.25, 0.3) is 0 Å². The lowest BCUT2D eigenvalue weighted by molar-refractivity contribution is 0.0446. The molecule has 0 radical (unpaired) electrons. The van der Waals surface area contributed by atoms with Gasteiger partial charge in [0.05, 0.1) is 0 Å². The van der Waals surface area contributed by atoms with Gasteiger partial charge in [0.2, 0.25) is 0 Å². The number of halogens is 2. The molecule has 0 amide bonds. The molecule has 1 saturated heterocycles. The average molecular weight is 441 g/mol. The van der Waals surface area contributed by atoms with E-state index in [0.717, 1.165) is 51.3 Å². The number of ether oxygens (including phenoxy) is 1. The molecule has 0 aromatic heterocycles. The maximum Gasteiger partial charge on any atom is 0.119 e. The molecule has 1 aliphatic rings. The molecule has 0 bridgehead atoms. The first-order chi connectivity index (χ1) is 13.2. The summed E-state index contributed by atoms with van der Waals surface area (Å²) in [6, 6.07) is 18.8. The summed E-state index contributed by atoms with van der Waals surface area (Å²) in [6.07, 6.45) is 1.79. The van der Waals surface area contributed by atoms with E-state index >= 15 is 0 Å². The van der Waals surface area contributed by atoms with Gasteiger partial charge >= 0.3 is 0 Å². The highest BCUT2D eigenvalue weighted by molar-refractivity contribution is 5.85. The van der Waals surface area contributed by atoms with E-state index in [-0.39, 0.29) is 24.8 Å². The zero-order valence-electron chi connectivity index (χ0n) is 17.2. The minimum absolute atomic E-state index is 0. The van der Waals surface area contributed by atoms with Crippen molar-refractivity contribution < 1.29 is 9.84 Å². The number of hydrogen-bond donors (Lipinski definition) is 1. The van der Waals surface area contributed by atoms with Crippen LogP contribution in [0.3, 0.4) is 0 Å². The number of piperazine rings is 1. The number of aliphatic hydroxyl groups excluding tert-OH is 1. The van der Waals surface area contributed by atoms with E-state index in [9.17, 15) is 5.11 Å². The predicted molar refractivity (Wildman–Crippen MR) is 125 cm³/mol. The Labute approximate surface area is 187 Å². The van der Waals surface area contributed by atoms with Gasteiger partial charge in [-0.15, -0.1) is 24.8 Å². The van der Waals surface area contributed by atoms with E-state index in [1.54, 1.807) is 0 Å². The molecule has 1 atom stereocenters. The summed E-state index contributed by atoms with van der Waals surface area (Å²) in [4.78, 5) is 4.81. The van der Waals surface area contributed by atoms with Crippen molar-refractivity contribution >= 4 is 24.8 Å². The second kappa shape index (κ2) is 13.8. The molecular formula is C23H34Cl2N2O2. The van der Waals surface area contributed by atoms with Crippen molar-refractivity contribution in [3.05, 3.63) is 65.7 Å². The van der Waals surface area contributed by atoms with Crippen molar-refractivity contribution in [2.24, 2.45) is 0 Å². The van der Waals surface area contributed by atoms with Crippen LogP contribution in [-0.4, -0.2) is 60.3 Å². The lowest BCUT2D eigenvalue weighted by atomic mass is 10.1. The van der Waals surface area contributed by atoms with Crippen LogP contribution in [0.1, 0.15) is 24.5 Å². The molecule has 2 aromatic rings. The van der Waals surface area contributed by atoms with Crippen LogP contribution in [0.2, 0.25) is 0 Å². The van der Waals surface area contributed by atoms with E-state index in [2.05, 4.69) is 59.2 Å². The Balaban J connectivity index is 0.00000210. The van der Waals surface area contributed by atoms with E-state index < -0.39 is 6.10 Å². The second-order valence-corrected chi connectivity index (χ2v) is 7.42. The van der Waals surface area contributed by atoms with Gasteiger partial charge in [-0.2, -0.15) is 0 Å². The summed E-state index contributed by atoms with van der Waals surface area (Å²) in [5.74, 6) is 0.835. The van der Waals surface area contributed by atoms with Crippen molar-refractivity contribution in [3.8, 4) is 5.75 Å². The summed E-state index contributed by atoms with van der Waals surface area (Å²) >= 11 is 0. The van der Waals surface area contributed by atoms with Crippen molar-refractivity contribution in [2.45, 2.75) is 32.4 Å². The van der Waals surface area contributed by atoms with Crippen molar-refractivity contribution in [1.29, 1.82) is 0 Å². The van der Waals surface area contributed by atoms with Crippen LogP contribution < -0.4 is 4.74 Å². The van der Waals surface area contributed by atoms with E-state index in [1.807, 2.05) is 12.1 Å². The lowest BCUT2D eigenvalue weighted by Gasteiger charge is -2.35. The largest absolute Gasteiger partial charge is 0.491 e. The zero-order chi connectivity index (χ0) is 18.9. The van der Waals surface area contributed by atoms with Gasteiger partial charge < -0.3 is 9.84 Å². The summed E-state index contributed by atoms with van der Waals surface area (Å²) < 4.78 is 5.76. The first-order valence-electron chi connectivity index (χ1n) is 10.1. The molecule has 4 nitrogen and oxygen atoms in total. The topological polar surface area (TPSA) is 35.9 Å². The second-order valence-electron chi connectivity index (χ2n) is 7.42. The Bertz CT molecular complexity index is 662. The fourth-order valence-electron chi connectivity index (χ4n) is 3.56. The summed E-state index contributed by atoms with van der Waals surface area (Å²) in [5.41, 5.74) is 2.70. The molecule has 0 aliphatic carbocycles. The lowest BCUT2D eigenvalue weighted by Crippen LogP contribution is -2.48.